The molecule has 0 spiro atoms. The highest BCUT2D eigenvalue weighted by molar-refractivity contribution is 6.31. The van der Waals surface area contributed by atoms with Crippen LogP contribution in [-0.2, 0) is 0 Å². The fourth-order valence-corrected chi connectivity index (χ4v) is 1.62. The lowest BCUT2D eigenvalue weighted by Crippen LogP contribution is -2.05. The first kappa shape index (κ1) is 13.6. The molecule has 0 radical (unpaired) electrons. The van der Waals surface area contributed by atoms with Gasteiger partial charge in [0.2, 0.25) is 0 Å². The molecule has 0 aromatic heterocycles. The van der Waals surface area contributed by atoms with Gasteiger partial charge in [-0.05, 0) is 24.6 Å². The fraction of sp³-hybridized carbons (Fsp3) is 0.400. The average Bonchev–Trinajstić information content (AvgIpc) is 2.28. The Morgan fingerprint density at radius 1 is 1.65 bits per heavy atom. The molecule has 0 aliphatic rings. The third-order valence-corrected chi connectivity index (χ3v) is 2.41. The Morgan fingerprint density at radius 2 is 2.35 bits per heavy atom. The van der Waals surface area contributed by atoms with Crippen molar-refractivity contribution in [2.45, 2.75) is 13.0 Å². The smallest absolute Gasteiger partial charge is 0.142 e. The number of aliphatic hydroxyl groups is 1. The maximum Gasteiger partial charge on any atom is 0.142 e. The number of hydrogen-bond acceptors (Lipinski definition) is 3. The average molecular weight is 260 g/mol. The van der Waals surface area contributed by atoms with Crippen molar-refractivity contribution in [3.8, 4) is 5.75 Å². The van der Waals surface area contributed by atoms with Crippen LogP contribution in [0.3, 0.4) is 0 Å². The zero-order valence-electron chi connectivity index (χ0n) is 9.10. The molecule has 0 amide bonds. The van der Waals surface area contributed by atoms with Crippen molar-refractivity contribution >= 4 is 11.6 Å². The van der Waals surface area contributed by atoms with Gasteiger partial charge in [0, 0.05) is 10.5 Å². The minimum atomic E-state index is -0.951. The van der Waals surface area contributed by atoms with Crippen LogP contribution in [0.4, 0.5) is 4.39 Å². The summed E-state index contributed by atoms with van der Waals surface area (Å²) in [6, 6.07) is 2.52. The van der Waals surface area contributed by atoms with E-state index in [1.54, 1.807) is 0 Å². The number of benzene rings is 1. The molecule has 0 fully saturated rings. The van der Waals surface area contributed by atoms with Gasteiger partial charge in [0.15, 0.2) is 0 Å². The van der Waals surface area contributed by atoms with E-state index in [-0.39, 0.29) is 29.5 Å². The van der Waals surface area contributed by atoms with Gasteiger partial charge in [-0.15, -0.1) is 0 Å². The Morgan fingerprint density at radius 3 is 2.94 bits per heavy atom. The molecule has 0 bridgehead atoms. The molecule has 0 saturated heterocycles. The molecule has 1 aromatic rings. The highest BCUT2D eigenvalue weighted by atomic mass is 35.5. The summed E-state index contributed by atoms with van der Waals surface area (Å²) in [7, 11) is 0. The molecule has 1 unspecified atom stereocenters. The normalized spacial score (nSPS) is 11.8. The van der Waals surface area contributed by atoms with Crippen molar-refractivity contribution in [3.63, 3.8) is 0 Å². The summed E-state index contributed by atoms with van der Waals surface area (Å²) in [4.78, 5) is 2.57. The lowest BCUT2D eigenvalue weighted by Gasteiger charge is -2.14. The molecule has 17 heavy (non-hydrogen) atoms. The van der Waals surface area contributed by atoms with Gasteiger partial charge in [-0.1, -0.05) is 16.7 Å². The first-order chi connectivity index (χ1) is 8.07. The van der Waals surface area contributed by atoms with Crippen LogP contribution in [0.5, 0.6) is 5.75 Å². The van der Waals surface area contributed by atoms with Crippen molar-refractivity contribution in [2.24, 2.45) is 5.11 Å². The Kier molecular flexibility index (Phi) is 5.03. The summed E-state index contributed by atoms with van der Waals surface area (Å²) in [5.41, 5.74) is 8.27. The van der Waals surface area contributed by atoms with Gasteiger partial charge >= 0.3 is 0 Å². The van der Waals surface area contributed by atoms with E-state index in [2.05, 4.69) is 10.0 Å². The summed E-state index contributed by atoms with van der Waals surface area (Å²) in [6.45, 7) is 1.73. The van der Waals surface area contributed by atoms with Gasteiger partial charge in [0.05, 0.1) is 24.3 Å². The molecule has 0 heterocycles. The van der Waals surface area contributed by atoms with Gasteiger partial charge in [-0.2, -0.15) is 0 Å². The quantitative estimate of drug-likeness (QED) is 0.381. The molecule has 0 aliphatic carbocycles. The van der Waals surface area contributed by atoms with Crippen LogP contribution in [0.25, 0.3) is 10.4 Å². The van der Waals surface area contributed by atoms with Crippen LogP contribution in [0.2, 0.25) is 5.02 Å². The highest BCUT2D eigenvalue weighted by Crippen LogP contribution is 2.34. The third kappa shape index (κ3) is 3.49. The second-order valence-electron chi connectivity index (χ2n) is 3.25. The topological polar surface area (TPSA) is 78.2 Å². The number of azide groups is 1. The van der Waals surface area contributed by atoms with Crippen molar-refractivity contribution < 1.29 is 14.2 Å². The maximum atomic E-state index is 13.2. The SMILES string of the molecule is CC(O)c1c(OCCN=[N+]=[N-])ccc(F)c1Cl. The number of halogens is 2. The van der Waals surface area contributed by atoms with E-state index in [4.69, 9.17) is 21.9 Å². The molecule has 1 rings (SSSR count). The third-order valence-electron chi connectivity index (χ3n) is 2.02. The van der Waals surface area contributed by atoms with Gasteiger partial charge in [0.25, 0.3) is 0 Å². The second kappa shape index (κ2) is 6.30. The van der Waals surface area contributed by atoms with E-state index in [9.17, 15) is 9.50 Å². The van der Waals surface area contributed by atoms with E-state index in [0.29, 0.717) is 0 Å². The number of aliphatic hydroxyl groups excluding tert-OH is 1. The lowest BCUT2D eigenvalue weighted by atomic mass is 10.1. The van der Waals surface area contributed by atoms with Crippen molar-refractivity contribution in [1.29, 1.82) is 0 Å². The van der Waals surface area contributed by atoms with Crippen LogP contribution >= 0.6 is 11.6 Å². The number of ether oxygens (including phenoxy) is 1. The summed E-state index contributed by atoms with van der Waals surface area (Å²) in [5, 5.41) is 12.6. The minimum Gasteiger partial charge on any atom is -0.493 e. The minimum absolute atomic E-state index is 0.131. The van der Waals surface area contributed by atoms with E-state index >= 15 is 0 Å². The lowest BCUT2D eigenvalue weighted by molar-refractivity contribution is 0.191. The largest absolute Gasteiger partial charge is 0.493 e. The monoisotopic (exact) mass is 259 g/mol. The van der Waals surface area contributed by atoms with Crippen LogP contribution in [0, 0.1) is 5.82 Å². The zero-order valence-corrected chi connectivity index (χ0v) is 9.86. The molecule has 1 N–H and O–H groups in total. The van der Waals surface area contributed by atoms with Gasteiger partial charge in [-0.25, -0.2) is 4.39 Å². The Hall–Kier alpha value is -1.49. The van der Waals surface area contributed by atoms with E-state index in [1.807, 2.05) is 0 Å². The number of rotatable bonds is 5. The van der Waals surface area contributed by atoms with Gasteiger partial charge in [-0.3, -0.25) is 0 Å². The van der Waals surface area contributed by atoms with E-state index < -0.39 is 11.9 Å². The van der Waals surface area contributed by atoms with Crippen LogP contribution < -0.4 is 4.74 Å². The Bertz CT molecular complexity index is 447. The molecule has 1 aromatic carbocycles. The summed E-state index contributed by atoms with van der Waals surface area (Å²) < 4.78 is 18.5. The standard InChI is InChI=1S/C10H11ClFN3O2/c1-6(16)9-8(17-5-4-14-15-13)3-2-7(12)10(9)11/h2-3,6,16H,4-5H2,1H3. The molecular formula is C10H11ClFN3O2. The van der Waals surface area contributed by atoms with Crippen molar-refractivity contribution in [3.05, 3.63) is 39.0 Å². The van der Waals surface area contributed by atoms with Crippen LogP contribution in [0.1, 0.15) is 18.6 Å². The predicted molar refractivity (Wildman–Crippen MR) is 61.6 cm³/mol. The number of hydrogen-bond donors (Lipinski definition) is 1. The Balaban J connectivity index is 2.91. The summed E-state index contributed by atoms with van der Waals surface area (Å²) in [5.74, 6) is -0.343. The molecule has 0 aliphatic heterocycles. The van der Waals surface area contributed by atoms with Crippen molar-refractivity contribution in [2.75, 3.05) is 13.2 Å². The fourth-order valence-electron chi connectivity index (χ4n) is 1.30. The van der Waals surface area contributed by atoms with Crippen molar-refractivity contribution in [1.82, 2.24) is 0 Å². The van der Waals surface area contributed by atoms with Gasteiger partial charge in [0.1, 0.15) is 11.6 Å². The van der Waals surface area contributed by atoms with Gasteiger partial charge < -0.3 is 9.84 Å². The summed E-state index contributed by atoms with van der Waals surface area (Å²) >= 11 is 5.74. The second-order valence-corrected chi connectivity index (χ2v) is 3.63. The molecule has 1 atom stereocenters. The van der Waals surface area contributed by atoms with E-state index in [0.717, 1.165) is 6.07 Å². The molecule has 92 valence electrons. The molecule has 5 nitrogen and oxygen atoms in total. The molecule has 0 saturated carbocycles. The highest BCUT2D eigenvalue weighted by Gasteiger charge is 2.17. The summed E-state index contributed by atoms with van der Waals surface area (Å²) in [6.07, 6.45) is -0.951. The first-order valence-electron chi connectivity index (χ1n) is 4.87. The van der Waals surface area contributed by atoms with Crippen LogP contribution in [-0.4, -0.2) is 18.3 Å². The first-order valence-corrected chi connectivity index (χ1v) is 5.25. The van der Waals surface area contributed by atoms with E-state index in [1.165, 1.54) is 13.0 Å². The predicted octanol–water partition coefficient (Wildman–Crippen LogP) is 3.22. The molecular weight excluding hydrogens is 249 g/mol. The van der Waals surface area contributed by atoms with Crippen LogP contribution in [0.15, 0.2) is 17.2 Å². The number of nitrogens with zero attached hydrogens (tertiary/aromatic N) is 3. The zero-order chi connectivity index (χ0) is 12.8. The molecule has 7 heteroatoms. The Labute approximate surface area is 102 Å². The maximum absolute atomic E-state index is 13.2.